The summed E-state index contributed by atoms with van der Waals surface area (Å²) in [6, 6.07) is 14.2. The van der Waals surface area contributed by atoms with E-state index in [1.54, 1.807) is 11.3 Å². The Morgan fingerprint density at radius 3 is 2.52 bits per heavy atom. The standard InChI is InChI=1S/C26H24N4O2S/c1-15-3-10-21(11-16(15)2)30-13-20(12-23(30)31)25-28-24(29-32-25)18-6-4-17(5-7-18)22-14-33-26(27-22)19-8-9-19/h3-7,10-11,14,19-20H,8-9,12-13H2,1-2H3/t20-/m0/s1. The molecule has 0 spiro atoms. The van der Waals surface area contributed by atoms with Gasteiger partial charge in [-0.3, -0.25) is 4.79 Å². The van der Waals surface area contributed by atoms with Gasteiger partial charge in [0.1, 0.15) is 0 Å². The second-order valence-electron chi connectivity index (χ2n) is 9.05. The lowest BCUT2D eigenvalue weighted by Crippen LogP contribution is -2.24. The summed E-state index contributed by atoms with van der Waals surface area (Å²) in [7, 11) is 0. The highest BCUT2D eigenvalue weighted by molar-refractivity contribution is 7.10. The maximum atomic E-state index is 12.7. The first-order valence-electron chi connectivity index (χ1n) is 11.3. The van der Waals surface area contributed by atoms with Crippen molar-refractivity contribution < 1.29 is 9.32 Å². The van der Waals surface area contributed by atoms with Gasteiger partial charge in [-0.2, -0.15) is 4.98 Å². The SMILES string of the molecule is Cc1ccc(N2C[C@@H](c3nc(-c4ccc(-c5csc(C6CC6)n5)cc4)no3)CC2=O)cc1C. The number of carbonyl (C=O) groups is 1. The zero-order valence-electron chi connectivity index (χ0n) is 18.6. The van der Waals surface area contributed by atoms with Gasteiger partial charge in [-0.05, 0) is 49.9 Å². The fraction of sp³-hybridized carbons (Fsp3) is 0.308. The topological polar surface area (TPSA) is 72.1 Å². The Kier molecular flexibility index (Phi) is 4.87. The number of anilines is 1. The molecule has 6 rings (SSSR count). The molecule has 1 aliphatic heterocycles. The monoisotopic (exact) mass is 456 g/mol. The third-order valence-electron chi connectivity index (χ3n) is 6.61. The van der Waals surface area contributed by atoms with E-state index < -0.39 is 0 Å². The van der Waals surface area contributed by atoms with E-state index in [4.69, 9.17) is 9.51 Å². The van der Waals surface area contributed by atoms with Crippen LogP contribution in [-0.2, 0) is 4.79 Å². The molecule has 166 valence electrons. The molecule has 2 fully saturated rings. The number of hydrogen-bond acceptors (Lipinski definition) is 6. The maximum Gasteiger partial charge on any atom is 0.232 e. The Labute approximate surface area is 196 Å². The van der Waals surface area contributed by atoms with Gasteiger partial charge in [-0.15, -0.1) is 11.3 Å². The average Bonchev–Trinajstić information content (AvgIpc) is 3.22. The Balaban J connectivity index is 1.18. The van der Waals surface area contributed by atoms with Gasteiger partial charge >= 0.3 is 0 Å². The van der Waals surface area contributed by atoms with Crippen LogP contribution in [0.3, 0.4) is 0 Å². The van der Waals surface area contributed by atoms with Crippen LogP contribution in [0, 0.1) is 13.8 Å². The van der Waals surface area contributed by atoms with Crippen molar-refractivity contribution in [1.29, 1.82) is 0 Å². The zero-order valence-corrected chi connectivity index (χ0v) is 19.4. The molecule has 6 nitrogen and oxygen atoms in total. The highest BCUT2D eigenvalue weighted by atomic mass is 32.1. The van der Waals surface area contributed by atoms with E-state index in [1.807, 2.05) is 23.1 Å². The van der Waals surface area contributed by atoms with Crippen LogP contribution < -0.4 is 4.90 Å². The van der Waals surface area contributed by atoms with Gasteiger partial charge in [-0.1, -0.05) is 35.5 Å². The van der Waals surface area contributed by atoms with Gasteiger partial charge < -0.3 is 9.42 Å². The maximum absolute atomic E-state index is 12.7. The molecule has 1 amide bonds. The molecule has 1 aliphatic carbocycles. The number of nitrogens with zero attached hydrogens (tertiary/aromatic N) is 4. The van der Waals surface area contributed by atoms with Crippen LogP contribution in [0.25, 0.3) is 22.6 Å². The first kappa shape index (κ1) is 20.3. The van der Waals surface area contributed by atoms with Crippen molar-refractivity contribution in [2.45, 2.75) is 44.9 Å². The van der Waals surface area contributed by atoms with Crippen molar-refractivity contribution >= 4 is 22.9 Å². The van der Waals surface area contributed by atoms with Crippen LogP contribution in [0.4, 0.5) is 5.69 Å². The molecule has 0 N–H and O–H groups in total. The third-order valence-corrected chi connectivity index (χ3v) is 7.61. The van der Waals surface area contributed by atoms with Gasteiger partial charge in [0, 0.05) is 41.1 Å². The lowest BCUT2D eigenvalue weighted by atomic mass is 10.1. The molecule has 3 heterocycles. The van der Waals surface area contributed by atoms with E-state index in [1.165, 1.54) is 29.0 Å². The summed E-state index contributed by atoms with van der Waals surface area (Å²) in [6.07, 6.45) is 2.91. The number of hydrogen-bond donors (Lipinski definition) is 0. The highest BCUT2D eigenvalue weighted by Crippen LogP contribution is 2.42. The van der Waals surface area contributed by atoms with E-state index in [9.17, 15) is 4.79 Å². The van der Waals surface area contributed by atoms with E-state index >= 15 is 0 Å². The minimum absolute atomic E-state index is 0.0844. The second-order valence-corrected chi connectivity index (χ2v) is 9.94. The molecule has 1 atom stereocenters. The summed E-state index contributed by atoms with van der Waals surface area (Å²) in [5, 5.41) is 7.57. The smallest absolute Gasteiger partial charge is 0.232 e. The Bertz CT molecular complexity index is 1340. The Morgan fingerprint density at radius 2 is 1.76 bits per heavy atom. The predicted molar refractivity (Wildman–Crippen MR) is 128 cm³/mol. The molecule has 7 heteroatoms. The van der Waals surface area contributed by atoms with Crippen molar-refractivity contribution in [3.63, 3.8) is 0 Å². The second kappa shape index (κ2) is 7.92. The summed E-state index contributed by atoms with van der Waals surface area (Å²) >= 11 is 1.75. The van der Waals surface area contributed by atoms with E-state index in [-0.39, 0.29) is 11.8 Å². The number of amides is 1. The predicted octanol–water partition coefficient (Wildman–Crippen LogP) is 5.87. The molecule has 2 aromatic carbocycles. The van der Waals surface area contributed by atoms with E-state index in [0.717, 1.165) is 22.5 Å². The Hall–Kier alpha value is -3.32. The molecule has 33 heavy (non-hydrogen) atoms. The summed E-state index contributed by atoms with van der Waals surface area (Å²) in [6.45, 7) is 4.68. The van der Waals surface area contributed by atoms with Gasteiger partial charge in [0.15, 0.2) is 0 Å². The number of benzene rings is 2. The summed E-state index contributed by atoms with van der Waals surface area (Å²) in [5.41, 5.74) is 6.32. The number of carbonyl (C=O) groups excluding carboxylic acids is 1. The van der Waals surface area contributed by atoms with Crippen LogP contribution in [0.5, 0.6) is 0 Å². The number of rotatable bonds is 5. The minimum atomic E-state index is -0.101. The van der Waals surface area contributed by atoms with Crippen LogP contribution >= 0.6 is 11.3 Å². The molecule has 2 aliphatic rings. The fourth-order valence-electron chi connectivity index (χ4n) is 4.26. The lowest BCUT2D eigenvalue weighted by Gasteiger charge is -2.17. The molecule has 4 aromatic rings. The van der Waals surface area contributed by atoms with E-state index in [2.05, 4.69) is 53.6 Å². The van der Waals surface area contributed by atoms with Crippen molar-refractivity contribution in [2.24, 2.45) is 0 Å². The third kappa shape index (κ3) is 3.86. The molecule has 0 bridgehead atoms. The minimum Gasteiger partial charge on any atom is -0.339 e. The van der Waals surface area contributed by atoms with Crippen molar-refractivity contribution in [3.8, 4) is 22.6 Å². The highest BCUT2D eigenvalue weighted by Gasteiger charge is 2.35. The molecule has 1 saturated heterocycles. The number of aromatic nitrogens is 3. The molecule has 1 saturated carbocycles. The first-order chi connectivity index (χ1) is 16.0. The number of thiazole rings is 1. The molecule has 0 radical (unpaired) electrons. The first-order valence-corrected chi connectivity index (χ1v) is 12.2. The average molecular weight is 457 g/mol. The largest absolute Gasteiger partial charge is 0.339 e. The van der Waals surface area contributed by atoms with Crippen LogP contribution in [-0.4, -0.2) is 27.6 Å². The normalized spacial score (nSPS) is 18.3. The van der Waals surface area contributed by atoms with Crippen LogP contribution in [0.2, 0.25) is 0 Å². The van der Waals surface area contributed by atoms with Crippen LogP contribution in [0.15, 0.2) is 52.4 Å². The molecule has 0 unspecified atom stereocenters. The van der Waals surface area contributed by atoms with Crippen molar-refractivity contribution in [2.75, 3.05) is 11.4 Å². The van der Waals surface area contributed by atoms with Crippen molar-refractivity contribution in [1.82, 2.24) is 15.1 Å². The fourth-order valence-corrected chi connectivity index (χ4v) is 5.26. The molecular formula is C26H24N4O2S. The molecule has 2 aromatic heterocycles. The van der Waals surface area contributed by atoms with Gasteiger partial charge in [0.2, 0.25) is 17.6 Å². The number of aryl methyl sites for hydroxylation is 2. The Morgan fingerprint density at radius 1 is 0.970 bits per heavy atom. The van der Waals surface area contributed by atoms with Gasteiger partial charge in [0.05, 0.1) is 16.6 Å². The summed E-state index contributed by atoms with van der Waals surface area (Å²) in [5.74, 6) is 1.72. The van der Waals surface area contributed by atoms with Crippen molar-refractivity contribution in [3.05, 3.63) is 69.9 Å². The van der Waals surface area contributed by atoms with E-state index in [0.29, 0.717) is 30.6 Å². The lowest BCUT2D eigenvalue weighted by molar-refractivity contribution is -0.117. The van der Waals surface area contributed by atoms with Crippen LogP contribution in [0.1, 0.15) is 53.1 Å². The zero-order chi connectivity index (χ0) is 22.5. The van der Waals surface area contributed by atoms with Gasteiger partial charge in [0.25, 0.3) is 0 Å². The quantitative estimate of drug-likeness (QED) is 0.375. The molecular weight excluding hydrogens is 432 g/mol. The summed E-state index contributed by atoms with van der Waals surface area (Å²) < 4.78 is 5.58. The summed E-state index contributed by atoms with van der Waals surface area (Å²) in [4.78, 5) is 23.9. The van der Waals surface area contributed by atoms with Gasteiger partial charge in [-0.25, -0.2) is 4.98 Å².